The summed E-state index contributed by atoms with van der Waals surface area (Å²) in [7, 11) is 0. The number of aliphatic carboxylic acids is 1. The predicted molar refractivity (Wildman–Crippen MR) is 76.7 cm³/mol. The van der Waals surface area contributed by atoms with Gasteiger partial charge in [-0.05, 0) is 18.7 Å². The van der Waals surface area contributed by atoms with E-state index in [1.165, 1.54) is 0 Å². The minimum Gasteiger partial charge on any atom is -0.480 e. The number of carbonyl (C=O) groups is 1. The van der Waals surface area contributed by atoms with E-state index in [0.717, 1.165) is 0 Å². The molecule has 0 heterocycles. The minimum atomic E-state index is -0.886. The quantitative estimate of drug-likeness (QED) is 0.820. The molecule has 4 nitrogen and oxygen atoms in total. The molecular weight excluding hydrogens is 298 g/mol. The molecule has 1 aromatic rings. The van der Waals surface area contributed by atoms with Crippen LogP contribution in [0.4, 0.5) is 5.69 Å². The normalized spacial score (nSPS) is 10.2. The lowest BCUT2D eigenvalue weighted by atomic mass is 10.1. The number of halogens is 3. The molecule has 0 saturated heterocycles. The first-order valence-electron chi connectivity index (χ1n) is 5.12. The molecule has 1 rings (SSSR count). The van der Waals surface area contributed by atoms with Crippen molar-refractivity contribution in [2.45, 2.75) is 13.5 Å². The van der Waals surface area contributed by atoms with Gasteiger partial charge in [0.05, 0.1) is 16.6 Å². The highest BCUT2D eigenvalue weighted by Crippen LogP contribution is 2.30. The van der Waals surface area contributed by atoms with Crippen molar-refractivity contribution in [3.8, 4) is 0 Å². The Kier molecular flexibility index (Phi) is 7.40. The van der Waals surface area contributed by atoms with Gasteiger partial charge in [-0.15, -0.1) is 12.4 Å². The van der Waals surface area contributed by atoms with E-state index in [9.17, 15) is 4.79 Å². The summed E-state index contributed by atoms with van der Waals surface area (Å²) in [5.41, 5.74) is 6.99. The second-order valence-corrected chi connectivity index (χ2v) is 4.41. The van der Waals surface area contributed by atoms with Gasteiger partial charge < -0.3 is 10.8 Å². The van der Waals surface area contributed by atoms with Gasteiger partial charge in [0, 0.05) is 17.8 Å². The third-order valence-corrected chi connectivity index (χ3v) is 3.26. The predicted octanol–water partition coefficient (Wildman–Crippen LogP) is 2.90. The van der Waals surface area contributed by atoms with Crippen molar-refractivity contribution in [2.24, 2.45) is 0 Å². The molecule has 0 spiro atoms. The maximum atomic E-state index is 10.7. The fourth-order valence-corrected chi connectivity index (χ4v) is 1.87. The van der Waals surface area contributed by atoms with Crippen molar-refractivity contribution in [2.75, 3.05) is 18.8 Å². The Morgan fingerprint density at radius 1 is 1.44 bits per heavy atom. The fourth-order valence-electron chi connectivity index (χ4n) is 1.46. The molecule has 0 atom stereocenters. The number of nitrogens with two attached hydrogens (primary N) is 1. The number of nitrogens with zero attached hydrogens (tertiary/aromatic N) is 1. The van der Waals surface area contributed by atoms with Crippen molar-refractivity contribution in [3.05, 3.63) is 27.7 Å². The Labute approximate surface area is 122 Å². The number of anilines is 1. The van der Waals surface area contributed by atoms with Crippen LogP contribution in [0.2, 0.25) is 10.0 Å². The first-order chi connectivity index (χ1) is 7.95. The summed E-state index contributed by atoms with van der Waals surface area (Å²) < 4.78 is 0. The van der Waals surface area contributed by atoms with Crippen LogP contribution >= 0.6 is 35.6 Å². The van der Waals surface area contributed by atoms with Gasteiger partial charge in [0.25, 0.3) is 0 Å². The fraction of sp³-hybridized carbons (Fsp3) is 0.364. The molecule has 0 aliphatic rings. The monoisotopic (exact) mass is 312 g/mol. The Hall–Kier alpha value is -0.680. The number of hydrogen-bond donors (Lipinski definition) is 2. The maximum absolute atomic E-state index is 10.7. The molecule has 18 heavy (non-hydrogen) atoms. The minimum absolute atomic E-state index is 0. The summed E-state index contributed by atoms with van der Waals surface area (Å²) >= 11 is 11.9. The zero-order valence-corrected chi connectivity index (χ0v) is 12.1. The Bertz CT molecular complexity index is 427. The molecule has 7 heteroatoms. The van der Waals surface area contributed by atoms with Crippen molar-refractivity contribution in [3.63, 3.8) is 0 Å². The largest absolute Gasteiger partial charge is 0.480 e. The molecule has 0 radical (unpaired) electrons. The lowest BCUT2D eigenvalue weighted by Crippen LogP contribution is -2.29. The molecule has 102 valence electrons. The molecule has 0 amide bonds. The molecule has 0 aromatic heterocycles. The highest BCUT2D eigenvalue weighted by molar-refractivity contribution is 6.42. The zero-order valence-electron chi connectivity index (χ0n) is 9.82. The second kappa shape index (κ2) is 7.69. The summed E-state index contributed by atoms with van der Waals surface area (Å²) in [6.45, 7) is 2.78. The highest BCUT2D eigenvalue weighted by atomic mass is 35.5. The van der Waals surface area contributed by atoms with Crippen LogP contribution in [-0.2, 0) is 11.3 Å². The molecule has 0 bridgehead atoms. The van der Waals surface area contributed by atoms with E-state index >= 15 is 0 Å². The van der Waals surface area contributed by atoms with E-state index in [2.05, 4.69) is 0 Å². The number of likely N-dealkylation sites (N-methyl/N-ethyl adjacent to an activating group) is 1. The Morgan fingerprint density at radius 3 is 2.56 bits per heavy atom. The van der Waals surface area contributed by atoms with Crippen LogP contribution in [0.25, 0.3) is 0 Å². The van der Waals surface area contributed by atoms with E-state index in [1.807, 2.05) is 6.92 Å². The van der Waals surface area contributed by atoms with E-state index in [1.54, 1.807) is 17.0 Å². The van der Waals surface area contributed by atoms with Gasteiger partial charge in [-0.1, -0.05) is 30.1 Å². The van der Waals surface area contributed by atoms with Gasteiger partial charge in [0.2, 0.25) is 0 Å². The number of nitrogen functional groups attached to an aromatic ring is 1. The van der Waals surface area contributed by atoms with Gasteiger partial charge in [-0.25, -0.2) is 0 Å². The average Bonchev–Trinajstić information content (AvgIpc) is 2.27. The van der Waals surface area contributed by atoms with Gasteiger partial charge >= 0.3 is 5.97 Å². The summed E-state index contributed by atoms with van der Waals surface area (Å²) in [6, 6.07) is 3.29. The van der Waals surface area contributed by atoms with Crippen molar-refractivity contribution < 1.29 is 9.90 Å². The first-order valence-corrected chi connectivity index (χ1v) is 5.87. The topological polar surface area (TPSA) is 66.6 Å². The van der Waals surface area contributed by atoms with Crippen LogP contribution in [0.3, 0.4) is 0 Å². The molecule has 0 unspecified atom stereocenters. The van der Waals surface area contributed by atoms with E-state index in [-0.39, 0.29) is 19.0 Å². The number of carboxylic acids is 1. The number of hydrogen-bond acceptors (Lipinski definition) is 3. The first kappa shape index (κ1) is 17.3. The molecular formula is C11H15Cl3N2O2. The third-order valence-electron chi connectivity index (χ3n) is 2.42. The Morgan fingerprint density at radius 2 is 2.06 bits per heavy atom. The van der Waals surface area contributed by atoms with Crippen LogP contribution in [-0.4, -0.2) is 29.1 Å². The average molecular weight is 314 g/mol. The van der Waals surface area contributed by atoms with E-state index < -0.39 is 5.97 Å². The third kappa shape index (κ3) is 4.53. The van der Waals surface area contributed by atoms with Crippen LogP contribution in [0.5, 0.6) is 0 Å². The van der Waals surface area contributed by atoms with Crippen molar-refractivity contribution >= 4 is 47.3 Å². The van der Waals surface area contributed by atoms with E-state index in [0.29, 0.717) is 34.4 Å². The molecule has 0 aliphatic carbocycles. The van der Waals surface area contributed by atoms with Crippen LogP contribution in [0.1, 0.15) is 12.5 Å². The van der Waals surface area contributed by atoms with Gasteiger partial charge in [-0.2, -0.15) is 0 Å². The van der Waals surface area contributed by atoms with Gasteiger partial charge in [0.1, 0.15) is 0 Å². The van der Waals surface area contributed by atoms with Crippen LogP contribution in [0, 0.1) is 0 Å². The molecule has 0 aliphatic heterocycles. The van der Waals surface area contributed by atoms with E-state index in [4.69, 9.17) is 34.0 Å². The molecule has 1 aromatic carbocycles. The second-order valence-electron chi connectivity index (χ2n) is 3.63. The molecule has 0 saturated carbocycles. The van der Waals surface area contributed by atoms with Crippen molar-refractivity contribution in [1.82, 2.24) is 4.90 Å². The SMILES string of the molecule is CCN(CC(=O)O)Cc1c(N)ccc(Cl)c1Cl.Cl. The summed E-state index contributed by atoms with van der Waals surface area (Å²) in [5, 5.41) is 9.56. The van der Waals surface area contributed by atoms with Crippen molar-refractivity contribution in [1.29, 1.82) is 0 Å². The number of benzene rings is 1. The smallest absolute Gasteiger partial charge is 0.317 e. The van der Waals surface area contributed by atoms with Gasteiger partial charge in [0.15, 0.2) is 0 Å². The standard InChI is InChI=1S/C11H14Cl2N2O2.ClH/c1-2-15(6-10(16)17)5-7-9(14)4-3-8(12)11(7)13;/h3-4H,2,5-6,14H2,1H3,(H,16,17);1H. The maximum Gasteiger partial charge on any atom is 0.317 e. The number of rotatable bonds is 5. The highest BCUT2D eigenvalue weighted by Gasteiger charge is 2.14. The molecule has 0 fully saturated rings. The summed E-state index contributed by atoms with van der Waals surface area (Å²) in [5.74, 6) is -0.886. The van der Waals surface area contributed by atoms with Crippen LogP contribution < -0.4 is 5.73 Å². The lowest BCUT2D eigenvalue weighted by molar-refractivity contribution is -0.138. The summed E-state index contributed by atoms with van der Waals surface area (Å²) in [4.78, 5) is 12.4. The lowest BCUT2D eigenvalue weighted by Gasteiger charge is -2.20. The molecule has 3 N–H and O–H groups in total. The zero-order chi connectivity index (χ0) is 13.0. The van der Waals surface area contributed by atoms with Crippen LogP contribution in [0.15, 0.2) is 12.1 Å². The summed E-state index contributed by atoms with van der Waals surface area (Å²) in [6.07, 6.45) is 0. The Balaban J connectivity index is 0.00000289. The number of carboxylic acid groups (broad SMARTS) is 1. The van der Waals surface area contributed by atoms with Gasteiger partial charge in [-0.3, -0.25) is 9.69 Å².